The third kappa shape index (κ3) is 5.87. The van der Waals surface area contributed by atoms with Crippen LogP contribution < -0.4 is 5.32 Å². The van der Waals surface area contributed by atoms with Crippen LogP contribution in [0.5, 0.6) is 0 Å². The zero-order valence-corrected chi connectivity index (χ0v) is 14.2. The Morgan fingerprint density at radius 2 is 2.13 bits per heavy atom. The van der Waals surface area contributed by atoms with Crippen molar-refractivity contribution < 1.29 is 9.53 Å². The number of rotatable bonds is 4. The van der Waals surface area contributed by atoms with Crippen LogP contribution in [0.25, 0.3) is 17.1 Å². The van der Waals surface area contributed by atoms with Crippen LogP contribution in [-0.4, -0.2) is 28.2 Å². The number of halogens is 1. The molecule has 0 atom stereocenters. The van der Waals surface area contributed by atoms with Crippen LogP contribution in [0.2, 0.25) is 5.15 Å². The Bertz CT molecular complexity index is 723. The summed E-state index contributed by atoms with van der Waals surface area (Å²) < 4.78 is 5.16. The molecule has 1 amide bonds. The fraction of sp³-hybridized carbons (Fsp3) is 0.353. The summed E-state index contributed by atoms with van der Waals surface area (Å²) in [5, 5.41) is 3.09. The maximum Gasteiger partial charge on any atom is 0.407 e. The van der Waals surface area contributed by atoms with Crippen LogP contribution in [0.1, 0.15) is 32.8 Å². The van der Waals surface area contributed by atoms with Crippen molar-refractivity contribution in [2.24, 2.45) is 0 Å². The molecule has 2 rings (SSSR count). The van der Waals surface area contributed by atoms with Crippen LogP contribution in [-0.2, 0) is 4.74 Å². The van der Waals surface area contributed by atoms with Gasteiger partial charge in [0.05, 0.1) is 17.2 Å². The molecule has 0 bridgehead atoms. The molecule has 0 fully saturated rings. The van der Waals surface area contributed by atoms with Crippen LogP contribution in [0.3, 0.4) is 0 Å². The minimum absolute atomic E-state index is 0.375. The summed E-state index contributed by atoms with van der Waals surface area (Å²) >= 11 is 5.85. The number of fused-ring (bicyclic) bond motifs is 1. The lowest BCUT2D eigenvalue weighted by molar-refractivity contribution is 0.0529. The van der Waals surface area contributed by atoms with Gasteiger partial charge in [0.15, 0.2) is 0 Å². The molecule has 0 aliphatic carbocycles. The average molecular weight is 334 g/mol. The van der Waals surface area contributed by atoms with Gasteiger partial charge in [-0.25, -0.2) is 9.78 Å². The quantitative estimate of drug-likeness (QED) is 0.851. The van der Waals surface area contributed by atoms with Crippen molar-refractivity contribution in [3.63, 3.8) is 0 Å². The largest absolute Gasteiger partial charge is 0.444 e. The van der Waals surface area contributed by atoms with Crippen LogP contribution in [0.4, 0.5) is 4.79 Å². The number of benzene rings is 1. The highest BCUT2D eigenvalue weighted by Gasteiger charge is 2.15. The van der Waals surface area contributed by atoms with Crippen molar-refractivity contribution in [1.82, 2.24) is 15.3 Å². The topological polar surface area (TPSA) is 64.1 Å². The molecule has 2 aromatic rings. The van der Waals surface area contributed by atoms with E-state index in [-0.39, 0.29) is 0 Å². The number of alkyl carbamates (subject to hydrolysis) is 1. The van der Waals surface area contributed by atoms with Crippen LogP contribution >= 0.6 is 11.6 Å². The van der Waals surface area contributed by atoms with Crippen molar-refractivity contribution in [3.8, 4) is 0 Å². The minimum Gasteiger partial charge on any atom is -0.444 e. The van der Waals surface area contributed by atoms with Gasteiger partial charge in [-0.2, -0.15) is 0 Å². The number of carbonyl (C=O) groups excluding carboxylic acids is 1. The molecular formula is C17H20ClN3O2. The predicted octanol–water partition coefficient (Wildman–Crippen LogP) is 4.21. The summed E-state index contributed by atoms with van der Waals surface area (Å²) in [7, 11) is 0. The van der Waals surface area contributed by atoms with Crippen LogP contribution in [0.15, 0.2) is 30.5 Å². The number of amides is 1. The Morgan fingerprint density at radius 3 is 2.87 bits per heavy atom. The second kappa shape index (κ2) is 7.42. The summed E-state index contributed by atoms with van der Waals surface area (Å²) in [6, 6.07) is 5.78. The summed E-state index contributed by atoms with van der Waals surface area (Å²) in [4.78, 5) is 19.9. The third-order valence-corrected chi connectivity index (χ3v) is 3.01. The molecule has 5 nitrogen and oxygen atoms in total. The van der Waals surface area contributed by atoms with Gasteiger partial charge in [-0.3, -0.25) is 4.98 Å². The lowest BCUT2D eigenvalue weighted by atomic mass is 10.1. The number of nitrogens with one attached hydrogen (secondary N) is 1. The Labute approximate surface area is 140 Å². The lowest BCUT2D eigenvalue weighted by Gasteiger charge is -2.19. The zero-order valence-electron chi connectivity index (χ0n) is 13.5. The molecule has 0 aliphatic rings. The van der Waals surface area contributed by atoms with Gasteiger partial charge in [0.2, 0.25) is 0 Å². The van der Waals surface area contributed by atoms with Crippen molar-refractivity contribution >= 4 is 34.8 Å². The van der Waals surface area contributed by atoms with E-state index in [1.165, 1.54) is 6.20 Å². The first kappa shape index (κ1) is 17.2. The van der Waals surface area contributed by atoms with Crippen molar-refractivity contribution in [2.45, 2.75) is 32.8 Å². The molecule has 1 heterocycles. The van der Waals surface area contributed by atoms with Crippen molar-refractivity contribution in [2.75, 3.05) is 6.54 Å². The molecule has 0 aliphatic heterocycles. The molecule has 1 N–H and O–H groups in total. The maximum atomic E-state index is 11.5. The maximum absolute atomic E-state index is 11.5. The van der Waals surface area contributed by atoms with E-state index in [9.17, 15) is 4.79 Å². The number of hydrogen-bond donors (Lipinski definition) is 1. The first-order chi connectivity index (χ1) is 10.8. The smallest absolute Gasteiger partial charge is 0.407 e. The number of nitrogens with zero attached hydrogens (tertiary/aromatic N) is 2. The minimum atomic E-state index is -0.479. The second-order valence-electron chi connectivity index (χ2n) is 6.06. The molecule has 0 unspecified atom stereocenters. The van der Waals surface area contributed by atoms with E-state index < -0.39 is 11.7 Å². The lowest BCUT2D eigenvalue weighted by Crippen LogP contribution is -2.32. The van der Waals surface area contributed by atoms with E-state index in [0.29, 0.717) is 18.1 Å². The fourth-order valence-corrected chi connectivity index (χ4v) is 2.04. The number of carbonyl (C=O) groups is 1. The van der Waals surface area contributed by atoms with E-state index in [4.69, 9.17) is 16.3 Å². The number of aromatic nitrogens is 2. The fourth-order valence-electron chi connectivity index (χ4n) is 1.90. The highest BCUT2D eigenvalue weighted by molar-refractivity contribution is 6.29. The van der Waals surface area contributed by atoms with E-state index >= 15 is 0 Å². The molecular weight excluding hydrogens is 314 g/mol. The van der Waals surface area contributed by atoms with Gasteiger partial charge in [0, 0.05) is 6.54 Å². The monoisotopic (exact) mass is 333 g/mol. The van der Waals surface area contributed by atoms with E-state index in [1.807, 2.05) is 51.1 Å². The first-order valence-corrected chi connectivity index (χ1v) is 7.77. The second-order valence-corrected chi connectivity index (χ2v) is 6.45. The number of hydrogen-bond acceptors (Lipinski definition) is 4. The van der Waals surface area contributed by atoms with Gasteiger partial charge in [-0.15, -0.1) is 0 Å². The summed E-state index contributed by atoms with van der Waals surface area (Å²) in [6.45, 7) is 6.02. The van der Waals surface area contributed by atoms with Crippen molar-refractivity contribution in [3.05, 3.63) is 41.2 Å². The predicted molar refractivity (Wildman–Crippen MR) is 92.4 cm³/mol. The Kier molecular flexibility index (Phi) is 5.55. The third-order valence-electron chi connectivity index (χ3n) is 2.83. The molecule has 6 heteroatoms. The SMILES string of the molecule is CC(C)(C)OC(=O)NCCC=Cc1ccc2ncc(Cl)nc2c1. The molecule has 1 aromatic carbocycles. The van der Waals surface area contributed by atoms with Gasteiger partial charge >= 0.3 is 6.09 Å². The molecule has 122 valence electrons. The molecule has 0 saturated heterocycles. The van der Waals surface area contributed by atoms with Crippen molar-refractivity contribution in [1.29, 1.82) is 0 Å². The Morgan fingerprint density at radius 1 is 1.35 bits per heavy atom. The van der Waals surface area contributed by atoms with E-state index in [1.54, 1.807) is 0 Å². The summed E-state index contributed by atoms with van der Waals surface area (Å²) in [5.41, 5.74) is 2.09. The first-order valence-electron chi connectivity index (χ1n) is 7.39. The highest BCUT2D eigenvalue weighted by Crippen LogP contribution is 2.15. The number of ether oxygens (including phenoxy) is 1. The normalized spacial score (nSPS) is 11.8. The zero-order chi connectivity index (χ0) is 16.9. The van der Waals surface area contributed by atoms with Gasteiger partial charge < -0.3 is 10.1 Å². The standard InChI is InChI=1S/C17H20ClN3O2/c1-17(2,3)23-16(22)19-9-5-4-6-12-7-8-13-14(10-12)21-15(18)11-20-13/h4,6-8,10-11H,5,9H2,1-3H3,(H,19,22). The van der Waals surface area contributed by atoms with Gasteiger partial charge in [0.25, 0.3) is 0 Å². The summed E-state index contributed by atoms with van der Waals surface area (Å²) in [6.07, 6.45) is 5.79. The van der Waals surface area contributed by atoms with Gasteiger partial charge in [-0.1, -0.05) is 29.8 Å². The molecule has 0 spiro atoms. The van der Waals surface area contributed by atoms with Crippen LogP contribution in [0, 0.1) is 0 Å². The Hall–Kier alpha value is -2.14. The summed E-state index contributed by atoms with van der Waals surface area (Å²) in [5.74, 6) is 0. The molecule has 23 heavy (non-hydrogen) atoms. The average Bonchev–Trinajstić information content (AvgIpc) is 2.44. The molecule has 0 saturated carbocycles. The van der Waals surface area contributed by atoms with Gasteiger partial charge in [0.1, 0.15) is 10.8 Å². The van der Waals surface area contributed by atoms with E-state index in [0.717, 1.165) is 16.6 Å². The Balaban J connectivity index is 1.85. The van der Waals surface area contributed by atoms with Gasteiger partial charge in [-0.05, 0) is 44.9 Å². The molecule has 1 aromatic heterocycles. The van der Waals surface area contributed by atoms with E-state index in [2.05, 4.69) is 15.3 Å². The highest BCUT2D eigenvalue weighted by atomic mass is 35.5. The molecule has 0 radical (unpaired) electrons.